The number of rotatable bonds is 3. The van der Waals surface area contributed by atoms with Crippen LogP contribution in [0.15, 0.2) is 40.2 Å². The van der Waals surface area contributed by atoms with Gasteiger partial charge in [0, 0.05) is 24.3 Å². The second kappa shape index (κ2) is 5.25. The Morgan fingerprint density at radius 2 is 2.05 bits per heavy atom. The van der Waals surface area contributed by atoms with Gasteiger partial charge in [0.2, 0.25) is 0 Å². The van der Waals surface area contributed by atoms with Crippen LogP contribution in [-0.2, 0) is 0 Å². The molecule has 0 aliphatic heterocycles. The highest BCUT2D eigenvalue weighted by Crippen LogP contribution is 2.37. The van der Waals surface area contributed by atoms with Crippen molar-refractivity contribution in [3.63, 3.8) is 0 Å². The van der Waals surface area contributed by atoms with Gasteiger partial charge in [0.15, 0.2) is 0 Å². The number of nitrogens with two attached hydrogens (primary N) is 1. The van der Waals surface area contributed by atoms with E-state index in [1.807, 2.05) is 18.2 Å². The summed E-state index contributed by atoms with van der Waals surface area (Å²) in [6.45, 7) is 0. The fraction of sp³-hybridized carbons (Fsp3) is 0.143. The Hall–Kier alpha value is -0.880. The van der Waals surface area contributed by atoms with E-state index in [1.165, 1.54) is 14.3 Å². The average molecular weight is 354 g/mol. The molecule has 2 aromatic heterocycles. The van der Waals surface area contributed by atoms with Crippen LogP contribution in [0.3, 0.4) is 0 Å². The Labute approximate surface area is 128 Å². The van der Waals surface area contributed by atoms with Gasteiger partial charge >= 0.3 is 0 Å². The largest absolute Gasteiger partial charge is 0.496 e. The Bertz CT molecular complexity index is 691. The number of ether oxygens (including phenoxy) is 1. The van der Waals surface area contributed by atoms with Crippen molar-refractivity contribution < 1.29 is 4.74 Å². The first-order chi connectivity index (χ1) is 9.19. The molecule has 0 spiro atoms. The zero-order valence-electron chi connectivity index (χ0n) is 10.2. The van der Waals surface area contributed by atoms with Crippen LogP contribution >= 0.6 is 38.6 Å². The van der Waals surface area contributed by atoms with E-state index in [2.05, 4.69) is 33.4 Å². The van der Waals surface area contributed by atoms with E-state index in [9.17, 15) is 0 Å². The summed E-state index contributed by atoms with van der Waals surface area (Å²) >= 11 is 6.98. The van der Waals surface area contributed by atoms with Gasteiger partial charge in [-0.05, 0) is 35.7 Å². The lowest BCUT2D eigenvalue weighted by Gasteiger charge is -2.14. The molecule has 1 atom stereocenters. The molecule has 0 aliphatic rings. The maximum atomic E-state index is 6.40. The predicted octanol–water partition coefficient (Wildman–Crippen LogP) is 4.78. The molecule has 1 aromatic carbocycles. The molecule has 98 valence electrons. The summed E-state index contributed by atoms with van der Waals surface area (Å²) < 4.78 is 9.01. The highest BCUT2D eigenvalue weighted by atomic mass is 79.9. The predicted molar refractivity (Wildman–Crippen MR) is 86.4 cm³/mol. The minimum absolute atomic E-state index is 0.156. The normalized spacial score (nSPS) is 12.8. The van der Waals surface area contributed by atoms with Gasteiger partial charge in [0.25, 0.3) is 0 Å². The topological polar surface area (TPSA) is 35.2 Å². The highest BCUT2D eigenvalue weighted by molar-refractivity contribution is 9.10. The lowest BCUT2D eigenvalue weighted by atomic mass is 10.1. The minimum Gasteiger partial charge on any atom is -0.496 e. The molecule has 2 N–H and O–H groups in total. The second-order valence-corrected chi connectivity index (χ2v) is 7.14. The molecular weight excluding hydrogens is 342 g/mol. The first kappa shape index (κ1) is 13.1. The Balaban J connectivity index is 2.05. The first-order valence-electron chi connectivity index (χ1n) is 5.75. The van der Waals surface area contributed by atoms with Gasteiger partial charge in [-0.15, -0.1) is 22.7 Å². The molecule has 3 aromatic rings. The summed E-state index contributed by atoms with van der Waals surface area (Å²) in [6, 6.07) is 10.1. The zero-order chi connectivity index (χ0) is 13.4. The van der Waals surface area contributed by atoms with Crippen LogP contribution in [0.1, 0.15) is 16.5 Å². The third-order valence-corrected chi connectivity index (χ3v) is 5.66. The van der Waals surface area contributed by atoms with E-state index in [0.29, 0.717) is 0 Å². The Morgan fingerprint density at radius 3 is 2.79 bits per heavy atom. The van der Waals surface area contributed by atoms with Crippen LogP contribution in [0.25, 0.3) is 9.40 Å². The van der Waals surface area contributed by atoms with Crippen molar-refractivity contribution in [1.29, 1.82) is 0 Å². The molecular formula is C14H12BrNOS2. The van der Waals surface area contributed by atoms with Crippen molar-refractivity contribution in [3.05, 3.63) is 50.6 Å². The van der Waals surface area contributed by atoms with Gasteiger partial charge in [-0.2, -0.15) is 0 Å². The van der Waals surface area contributed by atoms with E-state index >= 15 is 0 Å². The van der Waals surface area contributed by atoms with Crippen LogP contribution in [0, 0.1) is 0 Å². The number of hydrogen-bond acceptors (Lipinski definition) is 4. The summed E-state index contributed by atoms with van der Waals surface area (Å²) in [7, 11) is 1.67. The van der Waals surface area contributed by atoms with Gasteiger partial charge in [-0.3, -0.25) is 0 Å². The van der Waals surface area contributed by atoms with Crippen molar-refractivity contribution in [1.82, 2.24) is 0 Å². The Morgan fingerprint density at radius 1 is 1.21 bits per heavy atom. The maximum Gasteiger partial charge on any atom is 0.124 e. The number of halogens is 1. The molecule has 5 heteroatoms. The highest BCUT2D eigenvalue weighted by Gasteiger charge is 2.17. The standard InChI is InChI=1S/C14H12BrNOS2/c1-17-10-3-2-8(15)6-9(10)14(16)13-7-12-11(19-13)4-5-18-12/h2-7,14H,16H2,1H3. The number of fused-ring (bicyclic) bond motifs is 1. The smallest absolute Gasteiger partial charge is 0.124 e. The molecule has 19 heavy (non-hydrogen) atoms. The van der Waals surface area contributed by atoms with Crippen LogP contribution in [0.5, 0.6) is 5.75 Å². The van der Waals surface area contributed by atoms with Crippen molar-refractivity contribution >= 4 is 48.0 Å². The minimum atomic E-state index is -0.156. The van der Waals surface area contributed by atoms with Crippen molar-refractivity contribution in [2.45, 2.75) is 6.04 Å². The summed E-state index contributed by atoms with van der Waals surface area (Å²) in [6.07, 6.45) is 0. The van der Waals surface area contributed by atoms with Crippen molar-refractivity contribution in [3.8, 4) is 5.75 Å². The maximum absolute atomic E-state index is 6.40. The summed E-state index contributed by atoms with van der Waals surface area (Å²) in [5, 5.41) is 2.11. The molecule has 0 fully saturated rings. The fourth-order valence-electron chi connectivity index (χ4n) is 2.04. The number of thiophene rings is 2. The second-order valence-electron chi connectivity index (χ2n) is 4.16. The molecule has 0 amide bonds. The van der Waals surface area contributed by atoms with Crippen LogP contribution in [0.2, 0.25) is 0 Å². The van der Waals surface area contributed by atoms with E-state index in [1.54, 1.807) is 29.8 Å². The van der Waals surface area contributed by atoms with Gasteiger partial charge in [0.1, 0.15) is 5.75 Å². The van der Waals surface area contributed by atoms with Crippen molar-refractivity contribution in [2.24, 2.45) is 5.73 Å². The van der Waals surface area contributed by atoms with E-state index in [-0.39, 0.29) is 6.04 Å². The van der Waals surface area contributed by atoms with Gasteiger partial charge in [-0.25, -0.2) is 0 Å². The van der Waals surface area contributed by atoms with E-state index in [0.717, 1.165) is 15.8 Å². The van der Waals surface area contributed by atoms with E-state index in [4.69, 9.17) is 10.5 Å². The third-order valence-electron chi connectivity index (χ3n) is 2.99. The number of methoxy groups -OCH3 is 1. The van der Waals surface area contributed by atoms with Crippen LogP contribution in [0.4, 0.5) is 0 Å². The SMILES string of the molecule is COc1ccc(Br)cc1C(N)c1cc2sccc2s1. The zero-order valence-corrected chi connectivity index (χ0v) is 13.4. The molecule has 0 saturated carbocycles. The molecule has 1 unspecified atom stereocenters. The third kappa shape index (κ3) is 2.43. The Kier molecular flexibility index (Phi) is 3.62. The fourth-order valence-corrected chi connectivity index (χ4v) is 4.56. The molecule has 2 heterocycles. The van der Waals surface area contributed by atoms with Gasteiger partial charge < -0.3 is 10.5 Å². The molecule has 0 radical (unpaired) electrons. The molecule has 0 bridgehead atoms. The molecule has 3 rings (SSSR count). The van der Waals surface area contributed by atoms with Crippen molar-refractivity contribution in [2.75, 3.05) is 7.11 Å². The monoisotopic (exact) mass is 353 g/mol. The molecule has 2 nitrogen and oxygen atoms in total. The number of benzene rings is 1. The van der Waals surface area contributed by atoms with Crippen LogP contribution in [-0.4, -0.2) is 7.11 Å². The summed E-state index contributed by atoms with van der Waals surface area (Å²) in [5.41, 5.74) is 7.40. The molecule has 0 saturated heterocycles. The molecule has 0 aliphatic carbocycles. The van der Waals surface area contributed by atoms with Gasteiger partial charge in [0.05, 0.1) is 13.2 Å². The average Bonchev–Trinajstić information content (AvgIpc) is 2.98. The van der Waals surface area contributed by atoms with E-state index < -0.39 is 0 Å². The summed E-state index contributed by atoms with van der Waals surface area (Å²) in [4.78, 5) is 1.17. The lowest BCUT2D eigenvalue weighted by molar-refractivity contribution is 0.408. The first-order valence-corrected chi connectivity index (χ1v) is 8.24. The van der Waals surface area contributed by atoms with Gasteiger partial charge in [-0.1, -0.05) is 15.9 Å². The van der Waals surface area contributed by atoms with Crippen LogP contribution < -0.4 is 10.5 Å². The summed E-state index contributed by atoms with van der Waals surface area (Å²) in [5.74, 6) is 0.826. The quantitative estimate of drug-likeness (QED) is 0.735. The number of hydrogen-bond donors (Lipinski definition) is 1. The lowest BCUT2D eigenvalue weighted by Crippen LogP contribution is -2.11.